The van der Waals surface area contributed by atoms with Crippen LogP contribution in [0.3, 0.4) is 0 Å². The van der Waals surface area contributed by atoms with Gasteiger partial charge >= 0.3 is 0 Å². The summed E-state index contributed by atoms with van der Waals surface area (Å²) in [5.41, 5.74) is 1.21. The molecule has 1 fully saturated rings. The van der Waals surface area contributed by atoms with E-state index in [2.05, 4.69) is 11.4 Å². The molecule has 0 bridgehead atoms. The Morgan fingerprint density at radius 3 is 2.94 bits per heavy atom. The molecule has 86 valence electrons. The fourth-order valence-electron chi connectivity index (χ4n) is 1.94. The summed E-state index contributed by atoms with van der Waals surface area (Å²) in [7, 11) is 0. The standard InChI is InChI=1S/C13H17NO2/c1-3-10(9-14-11-5-6-11)13-12(4-1)15-7-2-8-16-13/h1,3-4,11,14H,2,5-9H2. The van der Waals surface area contributed by atoms with E-state index < -0.39 is 0 Å². The highest BCUT2D eigenvalue weighted by Gasteiger charge is 2.21. The van der Waals surface area contributed by atoms with Crippen molar-refractivity contribution >= 4 is 0 Å². The first-order chi connectivity index (χ1) is 7.93. The van der Waals surface area contributed by atoms with Gasteiger partial charge in [-0.05, 0) is 18.9 Å². The number of nitrogens with one attached hydrogen (secondary N) is 1. The van der Waals surface area contributed by atoms with Gasteiger partial charge < -0.3 is 14.8 Å². The van der Waals surface area contributed by atoms with E-state index in [0.29, 0.717) is 0 Å². The third-order valence-electron chi connectivity index (χ3n) is 3.01. The number of rotatable bonds is 3. The van der Waals surface area contributed by atoms with Gasteiger partial charge in [-0.1, -0.05) is 12.1 Å². The van der Waals surface area contributed by atoms with Crippen molar-refractivity contribution in [2.75, 3.05) is 13.2 Å². The quantitative estimate of drug-likeness (QED) is 0.844. The predicted octanol–water partition coefficient (Wildman–Crippen LogP) is 2.10. The van der Waals surface area contributed by atoms with Crippen LogP contribution in [0.2, 0.25) is 0 Å². The summed E-state index contributed by atoms with van der Waals surface area (Å²) < 4.78 is 11.4. The van der Waals surface area contributed by atoms with Crippen molar-refractivity contribution in [2.24, 2.45) is 0 Å². The van der Waals surface area contributed by atoms with Crippen molar-refractivity contribution in [3.8, 4) is 11.5 Å². The van der Waals surface area contributed by atoms with Crippen LogP contribution < -0.4 is 14.8 Å². The minimum absolute atomic E-state index is 0.725. The SMILES string of the molecule is c1cc(CNC2CC2)c2c(c1)OCCCO2. The van der Waals surface area contributed by atoms with Gasteiger partial charge in [0, 0.05) is 24.6 Å². The third kappa shape index (κ3) is 2.14. The maximum atomic E-state index is 5.77. The van der Waals surface area contributed by atoms with Crippen LogP contribution in [0, 0.1) is 0 Å². The summed E-state index contributed by atoms with van der Waals surface area (Å²) in [5.74, 6) is 1.83. The number of hydrogen-bond donors (Lipinski definition) is 1. The van der Waals surface area contributed by atoms with Crippen LogP contribution in [-0.2, 0) is 6.54 Å². The molecule has 1 aromatic carbocycles. The van der Waals surface area contributed by atoms with Gasteiger partial charge in [-0.3, -0.25) is 0 Å². The third-order valence-corrected chi connectivity index (χ3v) is 3.01. The maximum absolute atomic E-state index is 5.77. The van der Waals surface area contributed by atoms with Crippen molar-refractivity contribution in [1.82, 2.24) is 5.32 Å². The Labute approximate surface area is 95.8 Å². The van der Waals surface area contributed by atoms with Crippen LogP contribution in [0.1, 0.15) is 24.8 Å². The largest absolute Gasteiger partial charge is 0.490 e. The molecule has 0 atom stereocenters. The van der Waals surface area contributed by atoms with E-state index in [1.807, 2.05) is 12.1 Å². The molecule has 3 rings (SSSR count). The summed E-state index contributed by atoms with van der Waals surface area (Å²) in [6.45, 7) is 2.40. The van der Waals surface area contributed by atoms with Crippen LogP contribution in [0.15, 0.2) is 18.2 Å². The molecule has 3 heteroatoms. The molecular weight excluding hydrogens is 202 g/mol. The Morgan fingerprint density at radius 1 is 1.19 bits per heavy atom. The summed E-state index contributed by atoms with van der Waals surface area (Å²) in [5, 5.41) is 3.51. The Morgan fingerprint density at radius 2 is 2.06 bits per heavy atom. The Bertz CT molecular complexity index is 374. The molecule has 1 heterocycles. The zero-order valence-corrected chi connectivity index (χ0v) is 9.37. The number of benzene rings is 1. The number of ether oxygens (including phenoxy) is 2. The first-order valence-electron chi connectivity index (χ1n) is 6.04. The van der Waals surface area contributed by atoms with Crippen LogP contribution >= 0.6 is 0 Å². The minimum atomic E-state index is 0.725. The van der Waals surface area contributed by atoms with E-state index in [1.54, 1.807) is 0 Å². The fraction of sp³-hybridized carbons (Fsp3) is 0.538. The fourth-order valence-corrected chi connectivity index (χ4v) is 1.94. The van der Waals surface area contributed by atoms with E-state index in [0.717, 1.165) is 43.7 Å². The van der Waals surface area contributed by atoms with Gasteiger partial charge in [0.15, 0.2) is 11.5 Å². The van der Waals surface area contributed by atoms with E-state index >= 15 is 0 Å². The predicted molar refractivity (Wildman–Crippen MR) is 61.9 cm³/mol. The van der Waals surface area contributed by atoms with Gasteiger partial charge in [0.2, 0.25) is 0 Å². The van der Waals surface area contributed by atoms with Gasteiger partial charge in [-0.15, -0.1) is 0 Å². The maximum Gasteiger partial charge on any atom is 0.165 e. The highest BCUT2D eigenvalue weighted by molar-refractivity contribution is 5.47. The van der Waals surface area contributed by atoms with Crippen molar-refractivity contribution in [1.29, 1.82) is 0 Å². The summed E-state index contributed by atoms with van der Waals surface area (Å²) >= 11 is 0. The number of fused-ring (bicyclic) bond motifs is 1. The molecule has 1 N–H and O–H groups in total. The second kappa shape index (κ2) is 4.34. The molecule has 2 aliphatic rings. The van der Waals surface area contributed by atoms with Crippen molar-refractivity contribution in [2.45, 2.75) is 31.8 Å². The van der Waals surface area contributed by atoms with Gasteiger partial charge in [0.05, 0.1) is 13.2 Å². The van der Waals surface area contributed by atoms with Crippen LogP contribution in [0.25, 0.3) is 0 Å². The number of para-hydroxylation sites is 1. The molecule has 1 saturated carbocycles. The highest BCUT2D eigenvalue weighted by atomic mass is 16.5. The molecule has 0 aromatic heterocycles. The average molecular weight is 219 g/mol. The Hall–Kier alpha value is -1.22. The zero-order chi connectivity index (χ0) is 10.8. The lowest BCUT2D eigenvalue weighted by Gasteiger charge is -2.12. The monoisotopic (exact) mass is 219 g/mol. The van der Waals surface area contributed by atoms with Gasteiger partial charge in [-0.2, -0.15) is 0 Å². The van der Waals surface area contributed by atoms with Crippen LogP contribution in [0.4, 0.5) is 0 Å². The molecule has 0 radical (unpaired) electrons. The lowest BCUT2D eigenvalue weighted by molar-refractivity contribution is 0.296. The van der Waals surface area contributed by atoms with Crippen molar-refractivity contribution < 1.29 is 9.47 Å². The molecule has 1 aliphatic heterocycles. The van der Waals surface area contributed by atoms with E-state index in [-0.39, 0.29) is 0 Å². The molecule has 0 unspecified atom stereocenters. The van der Waals surface area contributed by atoms with Gasteiger partial charge in [-0.25, -0.2) is 0 Å². The van der Waals surface area contributed by atoms with Crippen molar-refractivity contribution in [3.63, 3.8) is 0 Å². The normalized spacial score (nSPS) is 19.2. The molecule has 1 aliphatic carbocycles. The second-order valence-electron chi connectivity index (χ2n) is 4.45. The molecule has 16 heavy (non-hydrogen) atoms. The smallest absolute Gasteiger partial charge is 0.165 e. The van der Waals surface area contributed by atoms with Crippen molar-refractivity contribution in [3.05, 3.63) is 23.8 Å². The van der Waals surface area contributed by atoms with Gasteiger partial charge in [0.1, 0.15) is 0 Å². The Kier molecular flexibility index (Phi) is 2.70. The number of hydrogen-bond acceptors (Lipinski definition) is 3. The van der Waals surface area contributed by atoms with Gasteiger partial charge in [0.25, 0.3) is 0 Å². The molecule has 1 aromatic rings. The average Bonchev–Trinajstić information content (AvgIpc) is 3.13. The molecule has 0 spiro atoms. The first kappa shape index (κ1) is 9.97. The molecule has 0 saturated heterocycles. The minimum Gasteiger partial charge on any atom is -0.490 e. The Balaban J connectivity index is 1.79. The molecular formula is C13H17NO2. The van der Waals surface area contributed by atoms with E-state index in [1.165, 1.54) is 18.4 Å². The lowest BCUT2D eigenvalue weighted by atomic mass is 10.2. The second-order valence-corrected chi connectivity index (χ2v) is 4.45. The molecule has 3 nitrogen and oxygen atoms in total. The summed E-state index contributed by atoms with van der Waals surface area (Å²) in [6.07, 6.45) is 3.59. The van der Waals surface area contributed by atoms with E-state index in [9.17, 15) is 0 Å². The lowest BCUT2D eigenvalue weighted by Crippen LogP contribution is -2.16. The summed E-state index contributed by atoms with van der Waals surface area (Å²) in [6, 6.07) is 6.87. The topological polar surface area (TPSA) is 30.5 Å². The van der Waals surface area contributed by atoms with Crippen LogP contribution in [0.5, 0.6) is 11.5 Å². The highest BCUT2D eigenvalue weighted by Crippen LogP contribution is 2.33. The van der Waals surface area contributed by atoms with Crippen LogP contribution in [-0.4, -0.2) is 19.3 Å². The summed E-state index contributed by atoms with van der Waals surface area (Å²) in [4.78, 5) is 0. The zero-order valence-electron chi connectivity index (χ0n) is 9.37. The molecule has 0 amide bonds. The van der Waals surface area contributed by atoms with E-state index in [4.69, 9.17) is 9.47 Å². The first-order valence-corrected chi connectivity index (χ1v) is 6.04.